The van der Waals surface area contributed by atoms with Crippen molar-refractivity contribution >= 4 is 24.2 Å². The third-order valence-corrected chi connectivity index (χ3v) is 4.31. The average Bonchev–Trinajstić information content (AvgIpc) is 3.19. The van der Waals surface area contributed by atoms with Gasteiger partial charge in [0.25, 0.3) is 0 Å². The van der Waals surface area contributed by atoms with Gasteiger partial charge in [0, 0.05) is 13.0 Å². The van der Waals surface area contributed by atoms with E-state index < -0.39 is 0 Å². The zero-order chi connectivity index (χ0) is 16.1. The molecule has 2 aliphatic rings. The van der Waals surface area contributed by atoms with Crippen LogP contribution in [0.2, 0.25) is 0 Å². The van der Waals surface area contributed by atoms with Crippen LogP contribution in [-0.2, 0) is 9.59 Å². The standard InChI is InChI=1S/C17H23N3O3.ClH/c21-16-11-13(19-17(22)15-7-4-8-18-15)12-20(16)9-10-23-14-5-2-1-3-6-14;/h1-3,5-6,13,15,18H,4,7-12H2,(H,19,22);1H. The van der Waals surface area contributed by atoms with E-state index >= 15 is 0 Å². The van der Waals surface area contributed by atoms with Gasteiger partial charge >= 0.3 is 0 Å². The number of halogens is 1. The van der Waals surface area contributed by atoms with E-state index in [4.69, 9.17) is 4.74 Å². The van der Waals surface area contributed by atoms with Crippen molar-refractivity contribution in [1.29, 1.82) is 0 Å². The molecule has 2 fully saturated rings. The van der Waals surface area contributed by atoms with Gasteiger partial charge in [-0.1, -0.05) is 18.2 Å². The summed E-state index contributed by atoms with van der Waals surface area (Å²) < 4.78 is 5.62. The Labute approximate surface area is 148 Å². The van der Waals surface area contributed by atoms with Crippen LogP contribution in [0.25, 0.3) is 0 Å². The van der Waals surface area contributed by atoms with Crippen LogP contribution < -0.4 is 15.4 Å². The van der Waals surface area contributed by atoms with Crippen molar-refractivity contribution in [2.45, 2.75) is 31.3 Å². The van der Waals surface area contributed by atoms with E-state index in [0.717, 1.165) is 25.1 Å². The zero-order valence-electron chi connectivity index (χ0n) is 13.6. The van der Waals surface area contributed by atoms with Crippen molar-refractivity contribution in [3.8, 4) is 5.75 Å². The number of hydrogen-bond donors (Lipinski definition) is 2. The first-order valence-corrected chi connectivity index (χ1v) is 8.22. The van der Waals surface area contributed by atoms with Gasteiger partial charge in [-0.15, -0.1) is 12.4 Å². The molecular formula is C17H24ClN3O3. The molecule has 1 aromatic rings. The maximum Gasteiger partial charge on any atom is 0.237 e. The van der Waals surface area contributed by atoms with Gasteiger partial charge in [-0.3, -0.25) is 9.59 Å². The van der Waals surface area contributed by atoms with E-state index in [0.29, 0.717) is 26.1 Å². The van der Waals surface area contributed by atoms with Crippen LogP contribution in [0.1, 0.15) is 19.3 Å². The first-order chi connectivity index (χ1) is 11.2. The summed E-state index contributed by atoms with van der Waals surface area (Å²) in [5.74, 6) is 0.894. The first kappa shape index (κ1) is 18.5. The fourth-order valence-electron chi connectivity index (χ4n) is 3.09. The lowest BCUT2D eigenvalue weighted by Crippen LogP contribution is -2.46. The van der Waals surface area contributed by atoms with Crippen molar-refractivity contribution < 1.29 is 14.3 Å². The Bertz CT molecular complexity index is 549. The Kier molecular flexibility index (Phi) is 6.87. The van der Waals surface area contributed by atoms with E-state index in [2.05, 4.69) is 10.6 Å². The molecular weight excluding hydrogens is 330 g/mol. The molecule has 0 radical (unpaired) electrons. The maximum absolute atomic E-state index is 12.1. The summed E-state index contributed by atoms with van der Waals surface area (Å²) >= 11 is 0. The van der Waals surface area contributed by atoms with Crippen LogP contribution in [0.5, 0.6) is 5.75 Å². The Morgan fingerprint density at radius 1 is 1.33 bits per heavy atom. The number of ether oxygens (including phenoxy) is 1. The Morgan fingerprint density at radius 3 is 2.83 bits per heavy atom. The molecule has 2 N–H and O–H groups in total. The lowest BCUT2D eigenvalue weighted by atomic mass is 10.2. The number of likely N-dealkylation sites (tertiary alicyclic amines) is 1. The average molecular weight is 354 g/mol. The third-order valence-electron chi connectivity index (χ3n) is 4.31. The van der Waals surface area contributed by atoms with Gasteiger partial charge < -0.3 is 20.3 Å². The quantitative estimate of drug-likeness (QED) is 0.799. The fourth-order valence-corrected chi connectivity index (χ4v) is 3.09. The molecule has 0 aromatic heterocycles. The van der Waals surface area contributed by atoms with Gasteiger partial charge in [0.1, 0.15) is 12.4 Å². The van der Waals surface area contributed by atoms with E-state index in [1.54, 1.807) is 4.90 Å². The topological polar surface area (TPSA) is 70.7 Å². The van der Waals surface area contributed by atoms with Gasteiger partial charge in [-0.25, -0.2) is 0 Å². The Morgan fingerprint density at radius 2 is 2.12 bits per heavy atom. The molecule has 2 heterocycles. The molecule has 2 saturated heterocycles. The Balaban J connectivity index is 0.00000208. The predicted octanol–water partition coefficient (Wildman–Crippen LogP) is 0.956. The molecule has 2 amide bonds. The van der Waals surface area contributed by atoms with Crippen LogP contribution in [0.15, 0.2) is 30.3 Å². The summed E-state index contributed by atoms with van der Waals surface area (Å²) in [6.45, 7) is 2.46. The van der Waals surface area contributed by atoms with Crippen molar-refractivity contribution in [1.82, 2.24) is 15.5 Å². The zero-order valence-corrected chi connectivity index (χ0v) is 14.4. The minimum Gasteiger partial charge on any atom is -0.492 e. The number of nitrogens with zero attached hydrogens (tertiary/aromatic N) is 1. The minimum absolute atomic E-state index is 0. The summed E-state index contributed by atoms with van der Waals surface area (Å²) in [4.78, 5) is 25.9. The number of nitrogens with one attached hydrogen (secondary N) is 2. The van der Waals surface area contributed by atoms with Crippen LogP contribution in [0.4, 0.5) is 0 Å². The van der Waals surface area contributed by atoms with Crippen molar-refractivity contribution in [2.24, 2.45) is 0 Å². The third kappa shape index (κ3) is 4.85. The number of amides is 2. The van der Waals surface area contributed by atoms with Gasteiger partial charge in [-0.05, 0) is 31.5 Å². The Hall–Kier alpha value is -1.79. The number of hydrogen-bond acceptors (Lipinski definition) is 4. The monoisotopic (exact) mass is 353 g/mol. The van der Waals surface area contributed by atoms with Crippen LogP contribution >= 0.6 is 12.4 Å². The van der Waals surface area contributed by atoms with Gasteiger partial charge in [0.2, 0.25) is 11.8 Å². The first-order valence-electron chi connectivity index (χ1n) is 8.22. The minimum atomic E-state index is -0.0967. The number of rotatable bonds is 6. The predicted molar refractivity (Wildman–Crippen MR) is 93.3 cm³/mol. The highest BCUT2D eigenvalue weighted by molar-refractivity contribution is 5.85. The molecule has 0 saturated carbocycles. The van der Waals surface area contributed by atoms with Gasteiger partial charge in [0.05, 0.1) is 18.6 Å². The fraction of sp³-hybridized carbons (Fsp3) is 0.529. The van der Waals surface area contributed by atoms with Crippen molar-refractivity contribution in [2.75, 3.05) is 26.2 Å². The largest absolute Gasteiger partial charge is 0.492 e. The molecule has 2 unspecified atom stereocenters. The SMILES string of the molecule is Cl.O=C(NC1CC(=O)N(CCOc2ccccc2)C1)C1CCCN1. The maximum atomic E-state index is 12.1. The molecule has 0 spiro atoms. The summed E-state index contributed by atoms with van der Waals surface area (Å²) in [5, 5.41) is 6.16. The summed E-state index contributed by atoms with van der Waals surface area (Å²) in [5.41, 5.74) is 0. The lowest BCUT2D eigenvalue weighted by molar-refractivity contribution is -0.128. The molecule has 132 valence electrons. The second-order valence-corrected chi connectivity index (χ2v) is 6.06. The van der Waals surface area contributed by atoms with E-state index in [1.807, 2.05) is 30.3 Å². The highest BCUT2D eigenvalue weighted by Crippen LogP contribution is 2.13. The van der Waals surface area contributed by atoms with E-state index in [1.165, 1.54) is 0 Å². The molecule has 2 atom stereocenters. The molecule has 24 heavy (non-hydrogen) atoms. The smallest absolute Gasteiger partial charge is 0.237 e. The van der Waals surface area contributed by atoms with Gasteiger partial charge in [-0.2, -0.15) is 0 Å². The van der Waals surface area contributed by atoms with Crippen LogP contribution in [0.3, 0.4) is 0 Å². The molecule has 2 aliphatic heterocycles. The molecule has 7 heteroatoms. The molecule has 3 rings (SSSR count). The highest BCUT2D eigenvalue weighted by atomic mass is 35.5. The lowest BCUT2D eigenvalue weighted by Gasteiger charge is -2.18. The van der Waals surface area contributed by atoms with E-state index in [-0.39, 0.29) is 36.3 Å². The summed E-state index contributed by atoms with van der Waals surface area (Å²) in [7, 11) is 0. The van der Waals surface area contributed by atoms with Crippen molar-refractivity contribution in [3.63, 3.8) is 0 Å². The van der Waals surface area contributed by atoms with Crippen molar-refractivity contribution in [3.05, 3.63) is 30.3 Å². The molecule has 0 bridgehead atoms. The number of carbonyl (C=O) groups is 2. The summed E-state index contributed by atoms with van der Waals surface area (Å²) in [6, 6.07) is 9.36. The molecule has 1 aromatic carbocycles. The number of para-hydroxylation sites is 1. The normalized spacial score (nSPS) is 23.0. The highest BCUT2D eigenvalue weighted by Gasteiger charge is 2.32. The second-order valence-electron chi connectivity index (χ2n) is 6.06. The van der Waals surface area contributed by atoms with Crippen LogP contribution in [0, 0.1) is 0 Å². The number of carbonyl (C=O) groups excluding carboxylic acids is 2. The summed E-state index contributed by atoms with van der Waals surface area (Å²) in [6.07, 6.45) is 2.29. The molecule has 6 nitrogen and oxygen atoms in total. The molecule has 0 aliphatic carbocycles. The number of benzene rings is 1. The van der Waals surface area contributed by atoms with Crippen LogP contribution in [-0.4, -0.2) is 55.0 Å². The van der Waals surface area contributed by atoms with Gasteiger partial charge in [0.15, 0.2) is 0 Å². The second kappa shape index (κ2) is 8.89. The van der Waals surface area contributed by atoms with E-state index in [9.17, 15) is 9.59 Å².